The number of aryl methyl sites for hydroxylation is 1. The molecule has 4 amide bonds. The van der Waals surface area contributed by atoms with Gasteiger partial charge in [-0.15, -0.1) is 0 Å². The molecule has 1 atom stereocenters. The lowest BCUT2D eigenvalue weighted by molar-refractivity contribution is -0.136. The van der Waals surface area contributed by atoms with Crippen LogP contribution in [0.2, 0.25) is 0 Å². The van der Waals surface area contributed by atoms with E-state index in [-0.39, 0.29) is 12.8 Å². The highest BCUT2D eigenvalue weighted by Gasteiger charge is 2.45. The Hall–Kier alpha value is -6.66. The number of piperazine rings is 1. The number of aromatic nitrogens is 4. The first-order chi connectivity index (χ1) is 34.7. The molecule has 0 saturated carbocycles. The maximum absolute atomic E-state index is 13.7. The number of fused-ring (bicyclic) bond motifs is 2. The quantitative estimate of drug-likeness (QED) is 0.0900. The van der Waals surface area contributed by atoms with Crippen molar-refractivity contribution in [1.29, 1.82) is 0 Å². The molecule has 0 radical (unpaired) electrons. The molecule has 4 aromatic carbocycles. The number of methoxy groups -OCH3 is 1. The van der Waals surface area contributed by atoms with Crippen LogP contribution in [-0.2, 0) is 21.2 Å². The third kappa shape index (κ3) is 9.00. The number of hydrogen-bond acceptors (Lipinski definition) is 15. The SMILES string of the molecule is COc1cc(N2CCN(C3CCN(C4CN(c5ccc6c(c5)C(=O)N(C5CCC(=O)NC5=O)C6=O)C4)CC3)CC2)c(-c2cnn(C)c2)cc1Nc1ncc(Br)c(Nc2ccc3ccccc3c2P(C)(C)=O)n1. The summed E-state index contributed by atoms with van der Waals surface area (Å²) in [7, 11) is 0.874. The van der Waals surface area contributed by atoms with Crippen LogP contribution in [0.3, 0.4) is 0 Å². The van der Waals surface area contributed by atoms with E-state index in [2.05, 4.69) is 73.7 Å². The van der Waals surface area contributed by atoms with E-state index in [0.29, 0.717) is 50.9 Å². The number of halogens is 1. The molecule has 4 fully saturated rings. The van der Waals surface area contributed by atoms with Crippen molar-refractivity contribution in [3.63, 3.8) is 0 Å². The molecule has 5 aliphatic rings. The van der Waals surface area contributed by atoms with Crippen LogP contribution in [-0.4, -0.2) is 149 Å². The Kier molecular flexibility index (Phi) is 12.6. The lowest BCUT2D eigenvalue weighted by Crippen LogP contribution is -2.62. The molecular weight excluding hydrogens is 1000 g/mol. The molecule has 0 aliphatic carbocycles. The first-order valence-corrected chi connectivity index (χ1v) is 27.8. The van der Waals surface area contributed by atoms with Gasteiger partial charge in [0.05, 0.1) is 40.3 Å². The number of carbonyl (C=O) groups is 4. The van der Waals surface area contributed by atoms with Gasteiger partial charge in [0.15, 0.2) is 0 Å². The van der Waals surface area contributed by atoms with Crippen LogP contribution < -0.4 is 35.8 Å². The number of hydrogen-bond donors (Lipinski definition) is 3. The zero-order chi connectivity index (χ0) is 50.0. The molecule has 3 N–H and O–H groups in total. The third-order valence-electron chi connectivity index (χ3n) is 14.9. The number of rotatable bonds is 12. The highest BCUT2D eigenvalue weighted by Crippen LogP contribution is 2.44. The number of benzene rings is 4. The van der Waals surface area contributed by atoms with Gasteiger partial charge in [-0.2, -0.15) is 10.1 Å². The summed E-state index contributed by atoms with van der Waals surface area (Å²) in [4.78, 5) is 71.3. The zero-order valence-corrected chi connectivity index (χ0v) is 43.1. The van der Waals surface area contributed by atoms with E-state index in [1.807, 2.05) is 66.6 Å². The highest BCUT2D eigenvalue weighted by molar-refractivity contribution is 9.10. The summed E-state index contributed by atoms with van der Waals surface area (Å²) in [6, 6.07) is 21.4. The minimum atomic E-state index is -2.71. The van der Waals surface area contributed by atoms with Gasteiger partial charge < -0.3 is 29.7 Å². The number of carbonyl (C=O) groups excluding carboxylic acids is 4. The van der Waals surface area contributed by atoms with E-state index < -0.39 is 36.8 Å². The largest absolute Gasteiger partial charge is 0.494 e. The molecule has 18 nitrogen and oxygen atoms in total. The molecule has 7 heterocycles. The average molecular weight is 1060 g/mol. The van der Waals surface area contributed by atoms with Crippen molar-refractivity contribution >= 4 is 97.3 Å². The highest BCUT2D eigenvalue weighted by atomic mass is 79.9. The summed E-state index contributed by atoms with van der Waals surface area (Å²) in [6.07, 6.45) is 8.00. The second-order valence-electron chi connectivity index (χ2n) is 19.7. The predicted molar refractivity (Wildman–Crippen MR) is 282 cm³/mol. The number of piperidine rings is 2. The van der Waals surface area contributed by atoms with Gasteiger partial charge in [-0.1, -0.05) is 30.3 Å². The summed E-state index contributed by atoms with van der Waals surface area (Å²) >= 11 is 3.64. The van der Waals surface area contributed by atoms with E-state index in [0.717, 1.165) is 114 Å². The molecule has 72 heavy (non-hydrogen) atoms. The average Bonchev–Trinajstić information content (AvgIpc) is 3.90. The van der Waals surface area contributed by atoms with Gasteiger partial charge >= 0.3 is 0 Å². The van der Waals surface area contributed by atoms with Gasteiger partial charge in [0.1, 0.15) is 24.8 Å². The van der Waals surface area contributed by atoms with Crippen molar-refractivity contribution in [1.82, 2.24) is 39.8 Å². The normalized spacial score (nSPS) is 19.5. The van der Waals surface area contributed by atoms with E-state index in [1.54, 1.807) is 38.8 Å². The molecule has 5 aliphatic heterocycles. The summed E-state index contributed by atoms with van der Waals surface area (Å²) in [5, 5.41) is 16.4. The van der Waals surface area contributed by atoms with Crippen LogP contribution in [0.15, 0.2) is 89.8 Å². The maximum atomic E-state index is 13.7. The van der Waals surface area contributed by atoms with Crippen molar-refractivity contribution in [2.24, 2.45) is 7.05 Å². The summed E-state index contributed by atoms with van der Waals surface area (Å²) in [5.41, 5.74) is 5.96. The van der Waals surface area contributed by atoms with E-state index in [4.69, 9.17) is 9.72 Å². The number of likely N-dealkylation sites (tertiary alicyclic amines) is 1. The second kappa shape index (κ2) is 19.1. The molecule has 372 valence electrons. The molecule has 2 aromatic heterocycles. The van der Waals surface area contributed by atoms with E-state index in [9.17, 15) is 23.7 Å². The fraction of sp³-hybridized carbons (Fsp3) is 0.365. The molecule has 4 saturated heterocycles. The molecule has 20 heteroatoms. The monoisotopic (exact) mass is 1050 g/mol. The lowest BCUT2D eigenvalue weighted by Gasteiger charge is -2.50. The van der Waals surface area contributed by atoms with Gasteiger partial charge in [0, 0.05) is 124 Å². The fourth-order valence-corrected chi connectivity index (χ4v) is 12.9. The zero-order valence-electron chi connectivity index (χ0n) is 40.6. The number of nitrogens with zero attached hydrogens (tertiary/aromatic N) is 9. The fourth-order valence-electron chi connectivity index (χ4n) is 11.1. The first-order valence-electron chi connectivity index (χ1n) is 24.4. The van der Waals surface area contributed by atoms with Gasteiger partial charge in [-0.3, -0.25) is 43.9 Å². The Labute approximate surface area is 425 Å². The van der Waals surface area contributed by atoms with Crippen molar-refractivity contribution in [3.8, 4) is 16.9 Å². The molecule has 1 unspecified atom stereocenters. The van der Waals surface area contributed by atoms with Gasteiger partial charge in [-0.25, -0.2) is 4.98 Å². The van der Waals surface area contributed by atoms with Crippen LogP contribution in [0, 0.1) is 0 Å². The van der Waals surface area contributed by atoms with Crippen LogP contribution in [0.25, 0.3) is 21.9 Å². The second-order valence-corrected chi connectivity index (χ2v) is 23.7. The minimum absolute atomic E-state index is 0.0888. The van der Waals surface area contributed by atoms with Crippen LogP contribution >= 0.6 is 23.1 Å². The minimum Gasteiger partial charge on any atom is -0.494 e. The number of amides is 4. The van der Waals surface area contributed by atoms with Crippen LogP contribution in [0.1, 0.15) is 46.4 Å². The van der Waals surface area contributed by atoms with E-state index in [1.165, 1.54) is 0 Å². The molecular formula is C52H56BrN12O6P. The van der Waals surface area contributed by atoms with Crippen molar-refractivity contribution in [2.75, 3.05) is 93.2 Å². The topological polar surface area (TPSA) is 190 Å². The summed E-state index contributed by atoms with van der Waals surface area (Å²) < 4.78 is 22.2. The van der Waals surface area contributed by atoms with Crippen molar-refractivity contribution in [2.45, 2.75) is 43.8 Å². The van der Waals surface area contributed by atoms with Gasteiger partial charge in [0.25, 0.3) is 11.8 Å². The number of ether oxygens (including phenoxy) is 1. The Balaban J connectivity index is 0.727. The first kappa shape index (κ1) is 47.7. The van der Waals surface area contributed by atoms with Crippen LogP contribution in [0.4, 0.5) is 34.5 Å². The van der Waals surface area contributed by atoms with E-state index >= 15 is 0 Å². The summed E-state index contributed by atoms with van der Waals surface area (Å²) in [5.74, 6) is -0.447. The lowest BCUT2D eigenvalue weighted by atomic mass is 9.97. The Morgan fingerprint density at radius 1 is 0.778 bits per heavy atom. The molecule has 11 rings (SSSR count). The van der Waals surface area contributed by atoms with Crippen LogP contribution in [0.5, 0.6) is 5.75 Å². The third-order valence-corrected chi connectivity index (χ3v) is 17.0. The molecule has 6 aromatic rings. The van der Waals surface area contributed by atoms with Gasteiger partial charge in [-0.05, 0) is 89.6 Å². The standard InChI is InChI=1S/C52H56BrN12O6P/c1-60-28-32(26-55-60)38-24-42(57-52-54-27-40(53)48(59-52)56-41-12-9-31-7-5-6-8-36(31)47(41)72(3,4)70)45(71-2)25-44(38)63-21-19-62(20-22-63)33-15-17-61(18-16-33)35-29-64(30-35)34-10-11-37-39(23-34)51(69)65(50(37)68)43-13-14-46(66)58-49(43)67/h5-12,23-28,33,35,43H,13-22,29-30H2,1-4H3,(H,58,66,67)(H2,54,56,57,59). The van der Waals surface area contributed by atoms with Crippen molar-refractivity contribution in [3.05, 3.63) is 101 Å². The Bertz CT molecular complexity index is 3210. The summed E-state index contributed by atoms with van der Waals surface area (Å²) in [6.45, 7) is 10.8. The Morgan fingerprint density at radius 3 is 2.25 bits per heavy atom. The number of anilines is 6. The van der Waals surface area contributed by atoms with Crippen molar-refractivity contribution < 1.29 is 28.5 Å². The molecule has 0 spiro atoms. The maximum Gasteiger partial charge on any atom is 0.262 e. The Morgan fingerprint density at radius 2 is 1.53 bits per heavy atom. The number of nitrogens with one attached hydrogen (secondary N) is 3. The predicted octanol–water partition coefficient (Wildman–Crippen LogP) is 6.41. The van der Waals surface area contributed by atoms with Gasteiger partial charge in [0.2, 0.25) is 17.8 Å². The molecule has 0 bridgehead atoms. The smallest absolute Gasteiger partial charge is 0.262 e. The number of imide groups is 2.